The topological polar surface area (TPSA) is 75.1 Å². The van der Waals surface area contributed by atoms with Gasteiger partial charge in [0.15, 0.2) is 5.96 Å². The summed E-state index contributed by atoms with van der Waals surface area (Å²) < 4.78 is 10.6. The van der Waals surface area contributed by atoms with Crippen LogP contribution in [-0.2, 0) is 12.1 Å². The fourth-order valence-corrected chi connectivity index (χ4v) is 3.20. The zero-order valence-electron chi connectivity index (χ0n) is 15.7. The first-order valence-electron chi connectivity index (χ1n) is 8.49. The lowest BCUT2D eigenvalue weighted by molar-refractivity contribution is 0.0655. The summed E-state index contributed by atoms with van der Waals surface area (Å²) in [6.07, 6.45) is 0. The molecule has 7 heteroatoms. The Bertz CT molecular complexity index is 715. The Morgan fingerprint density at radius 1 is 1.23 bits per heavy atom. The molecular weight excluding hydrogens is 350 g/mol. The Balaban J connectivity index is 2.07. The molecule has 0 saturated carbocycles. The van der Waals surface area contributed by atoms with Crippen molar-refractivity contribution in [2.24, 2.45) is 4.99 Å². The van der Waals surface area contributed by atoms with Crippen LogP contribution in [0.25, 0.3) is 0 Å². The summed E-state index contributed by atoms with van der Waals surface area (Å²) in [5.74, 6) is 2.11. The molecule has 0 radical (unpaired) electrons. The molecule has 0 spiro atoms. The Kier molecular flexibility index (Phi) is 7.29. The number of methoxy groups -OCH3 is 2. The number of hydrogen-bond acceptors (Lipinski definition) is 5. The van der Waals surface area contributed by atoms with Crippen molar-refractivity contribution in [3.8, 4) is 11.5 Å². The molecule has 1 unspecified atom stereocenters. The van der Waals surface area contributed by atoms with Crippen LogP contribution in [0.1, 0.15) is 24.3 Å². The quantitative estimate of drug-likeness (QED) is 0.487. The number of thiophene rings is 1. The smallest absolute Gasteiger partial charge is 0.191 e. The minimum Gasteiger partial charge on any atom is -0.497 e. The van der Waals surface area contributed by atoms with Gasteiger partial charge in [-0.2, -0.15) is 0 Å². The van der Waals surface area contributed by atoms with Gasteiger partial charge in [0.25, 0.3) is 0 Å². The third kappa shape index (κ3) is 5.37. The molecule has 0 aliphatic carbocycles. The van der Waals surface area contributed by atoms with Gasteiger partial charge in [0.05, 0.1) is 27.3 Å². The van der Waals surface area contributed by atoms with Gasteiger partial charge in [0.2, 0.25) is 0 Å². The monoisotopic (exact) mass is 377 g/mol. The highest BCUT2D eigenvalue weighted by atomic mass is 32.1. The predicted octanol–water partition coefficient (Wildman–Crippen LogP) is 2.73. The van der Waals surface area contributed by atoms with Crippen molar-refractivity contribution in [2.75, 3.05) is 27.3 Å². The summed E-state index contributed by atoms with van der Waals surface area (Å²) >= 11 is 1.53. The van der Waals surface area contributed by atoms with Crippen LogP contribution in [0.4, 0.5) is 0 Å². The van der Waals surface area contributed by atoms with Crippen LogP contribution in [0, 0.1) is 0 Å². The van der Waals surface area contributed by atoms with Crippen molar-refractivity contribution in [3.63, 3.8) is 0 Å². The van der Waals surface area contributed by atoms with E-state index < -0.39 is 5.60 Å². The summed E-state index contributed by atoms with van der Waals surface area (Å²) in [5.41, 5.74) is -0.00200. The van der Waals surface area contributed by atoms with Crippen LogP contribution in [-0.4, -0.2) is 38.4 Å². The average Bonchev–Trinajstić information content (AvgIpc) is 3.19. The largest absolute Gasteiger partial charge is 0.497 e. The number of ether oxygens (including phenoxy) is 2. The maximum absolute atomic E-state index is 10.6. The second kappa shape index (κ2) is 9.45. The molecule has 0 fully saturated rings. The van der Waals surface area contributed by atoms with Crippen molar-refractivity contribution in [1.29, 1.82) is 0 Å². The van der Waals surface area contributed by atoms with Crippen molar-refractivity contribution in [3.05, 3.63) is 46.2 Å². The fourth-order valence-electron chi connectivity index (χ4n) is 2.42. The Morgan fingerprint density at radius 2 is 2.04 bits per heavy atom. The molecule has 142 valence electrons. The maximum Gasteiger partial charge on any atom is 0.191 e. The van der Waals surface area contributed by atoms with E-state index in [1.54, 1.807) is 21.1 Å². The predicted molar refractivity (Wildman–Crippen MR) is 106 cm³/mol. The highest BCUT2D eigenvalue weighted by molar-refractivity contribution is 7.10. The van der Waals surface area contributed by atoms with Gasteiger partial charge in [-0.3, -0.25) is 0 Å². The van der Waals surface area contributed by atoms with E-state index in [9.17, 15) is 5.11 Å². The highest BCUT2D eigenvalue weighted by Crippen LogP contribution is 2.26. The molecule has 0 saturated heterocycles. The van der Waals surface area contributed by atoms with E-state index in [-0.39, 0.29) is 0 Å². The van der Waals surface area contributed by atoms with E-state index in [0.29, 0.717) is 19.0 Å². The summed E-state index contributed by atoms with van der Waals surface area (Å²) in [6.45, 7) is 5.33. The van der Waals surface area contributed by atoms with Crippen LogP contribution in [0.5, 0.6) is 11.5 Å². The van der Waals surface area contributed by atoms with E-state index in [1.165, 1.54) is 11.3 Å². The second-order valence-electron chi connectivity index (χ2n) is 5.98. The SMILES string of the molecule is CCNC(=NCc1ccc(OC)cc1OC)NCC(C)(O)c1cccs1. The van der Waals surface area contributed by atoms with E-state index >= 15 is 0 Å². The van der Waals surface area contributed by atoms with Crippen molar-refractivity contribution in [2.45, 2.75) is 26.0 Å². The van der Waals surface area contributed by atoms with Crippen molar-refractivity contribution in [1.82, 2.24) is 10.6 Å². The van der Waals surface area contributed by atoms with Crippen molar-refractivity contribution < 1.29 is 14.6 Å². The van der Waals surface area contributed by atoms with Gasteiger partial charge < -0.3 is 25.2 Å². The molecule has 0 bridgehead atoms. The fraction of sp³-hybridized carbons (Fsp3) is 0.421. The van der Waals surface area contributed by atoms with Gasteiger partial charge in [0, 0.05) is 23.1 Å². The minimum absolute atomic E-state index is 0.360. The van der Waals surface area contributed by atoms with Gasteiger partial charge in [-0.05, 0) is 37.4 Å². The Hall–Kier alpha value is -2.25. The number of nitrogens with zero attached hydrogens (tertiary/aromatic N) is 1. The summed E-state index contributed by atoms with van der Waals surface area (Å²) in [6, 6.07) is 9.52. The molecular formula is C19H27N3O3S. The third-order valence-corrected chi connectivity index (χ3v) is 5.02. The maximum atomic E-state index is 10.6. The minimum atomic E-state index is -0.956. The Morgan fingerprint density at radius 3 is 2.65 bits per heavy atom. The summed E-state index contributed by atoms with van der Waals surface area (Å²) in [5, 5.41) is 19.0. The summed E-state index contributed by atoms with van der Waals surface area (Å²) in [4.78, 5) is 5.51. The van der Waals surface area contributed by atoms with E-state index in [0.717, 1.165) is 28.5 Å². The zero-order valence-corrected chi connectivity index (χ0v) is 16.5. The molecule has 1 atom stereocenters. The first kappa shape index (κ1) is 20.1. The lowest BCUT2D eigenvalue weighted by Gasteiger charge is -2.23. The lowest BCUT2D eigenvalue weighted by Crippen LogP contribution is -2.44. The molecule has 26 heavy (non-hydrogen) atoms. The number of aliphatic hydroxyl groups is 1. The second-order valence-corrected chi connectivity index (χ2v) is 6.93. The number of hydrogen-bond donors (Lipinski definition) is 3. The van der Waals surface area contributed by atoms with Crippen LogP contribution in [0.15, 0.2) is 40.7 Å². The molecule has 2 aromatic rings. The van der Waals surface area contributed by atoms with Gasteiger partial charge in [-0.15, -0.1) is 11.3 Å². The summed E-state index contributed by atoms with van der Waals surface area (Å²) in [7, 11) is 3.25. The average molecular weight is 378 g/mol. The first-order chi connectivity index (χ1) is 12.5. The van der Waals surface area contributed by atoms with Gasteiger partial charge in [-0.1, -0.05) is 6.07 Å². The number of nitrogens with one attached hydrogen (secondary N) is 2. The standard InChI is InChI=1S/C19H27N3O3S/c1-5-20-18(22-13-19(2,23)17-7-6-10-26-17)21-12-14-8-9-15(24-3)11-16(14)25-4/h6-11,23H,5,12-13H2,1-4H3,(H2,20,21,22). The number of rotatable bonds is 8. The van der Waals surface area contributed by atoms with E-state index in [4.69, 9.17) is 9.47 Å². The number of aliphatic imine (C=N–C) groups is 1. The lowest BCUT2D eigenvalue weighted by atomic mass is 10.1. The van der Waals surface area contributed by atoms with Gasteiger partial charge >= 0.3 is 0 Å². The van der Waals surface area contributed by atoms with E-state index in [1.807, 2.05) is 42.6 Å². The Labute approximate surface area is 158 Å². The molecule has 6 nitrogen and oxygen atoms in total. The van der Waals surface area contributed by atoms with Crippen LogP contribution in [0.2, 0.25) is 0 Å². The van der Waals surface area contributed by atoms with Crippen LogP contribution in [0.3, 0.4) is 0 Å². The zero-order chi connectivity index (χ0) is 19.0. The number of benzene rings is 1. The highest BCUT2D eigenvalue weighted by Gasteiger charge is 2.24. The first-order valence-corrected chi connectivity index (χ1v) is 9.37. The third-order valence-electron chi connectivity index (χ3n) is 3.90. The van der Waals surface area contributed by atoms with Gasteiger partial charge in [-0.25, -0.2) is 4.99 Å². The normalized spacial score (nSPS) is 13.8. The molecule has 3 N–H and O–H groups in total. The number of guanidine groups is 1. The van der Waals surface area contributed by atoms with E-state index in [2.05, 4.69) is 15.6 Å². The van der Waals surface area contributed by atoms with Gasteiger partial charge in [0.1, 0.15) is 17.1 Å². The molecule has 0 amide bonds. The van der Waals surface area contributed by atoms with Crippen molar-refractivity contribution >= 4 is 17.3 Å². The molecule has 0 aliphatic heterocycles. The molecule has 2 rings (SSSR count). The molecule has 1 heterocycles. The molecule has 0 aliphatic rings. The van der Waals surface area contributed by atoms with Crippen LogP contribution >= 0.6 is 11.3 Å². The molecule has 1 aromatic carbocycles. The van der Waals surface area contributed by atoms with Crippen LogP contribution < -0.4 is 20.1 Å². The molecule has 1 aromatic heterocycles.